The average molecular weight is 161 g/mol. The van der Waals surface area contributed by atoms with Crippen LogP contribution in [0.1, 0.15) is 10.4 Å². The highest BCUT2D eigenvalue weighted by molar-refractivity contribution is 5.87. The number of fused-ring (bicyclic) bond motifs is 1. The number of imidazole rings is 1. The van der Waals surface area contributed by atoms with Gasteiger partial charge in [-0.2, -0.15) is 0 Å². The molecule has 2 aromatic heterocycles. The molecule has 0 aliphatic carbocycles. The molecule has 0 aliphatic heterocycles. The fraction of sp³-hybridized carbons (Fsp3) is 0. The number of hydrogen-bond donors (Lipinski definition) is 0. The summed E-state index contributed by atoms with van der Waals surface area (Å²) >= 11 is 0. The topological polar surface area (TPSA) is 57.4 Å². The molecule has 0 aliphatic rings. The van der Waals surface area contributed by atoms with E-state index in [9.17, 15) is 9.90 Å². The predicted octanol–water partition coefficient (Wildman–Crippen LogP) is -0.302. The lowest BCUT2D eigenvalue weighted by Gasteiger charge is -2.01. The molecule has 0 amide bonds. The summed E-state index contributed by atoms with van der Waals surface area (Å²) in [5, 5.41) is 10.4. The Balaban J connectivity index is 2.68. The molecule has 0 spiro atoms. The lowest BCUT2D eigenvalue weighted by molar-refractivity contribution is -0.255. The standard InChI is InChI=1S/C8H6N2O2/c11-8(12)6-1-2-10-5-9-4-7(10)3-6/h1-5H,(H,11,12)/p-1. The summed E-state index contributed by atoms with van der Waals surface area (Å²) in [6.07, 6.45) is 4.83. The monoisotopic (exact) mass is 161 g/mol. The average Bonchev–Trinajstić information content (AvgIpc) is 2.49. The smallest absolute Gasteiger partial charge is 0.0991 e. The molecule has 0 N–H and O–H groups in total. The molecule has 2 heterocycles. The normalized spacial score (nSPS) is 10.3. The first kappa shape index (κ1) is 6.84. The Hall–Kier alpha value is -1.84. The van der Waals surface area contributed by atoms with Crippen LogP contribution in [0.25, 0.3) is 5.52 Å². The number of aromatic nitrogens is 2. The molecule has 0 radical (unpaired) electrons. The van der Waals surface area contributed by atoms with Crippen molar-refractivity contribution in [2.75, 3.05) is 0 Å². The maximum atomic E-state index is 10.4. The molecule has 0 unspecified atom stereocenters. The number of carboxylic acids is 1. The van der Waals surface area contributed by atoms with E-state index in [0.717, 1.165) is 5.52 Å². The van der Waals surface area contributed by atoms with Gasteiger partial charge in [-0.15, -0.1) is 0 Å². The molecule has 0 fully saturated rings. The zero-order valence-electron chi connectivity index (χ0n) is 6.10. The fourth-order valence-electron chi connectivity index (χ4n) is 1.05. The van der Waals surface area contributed by atoms with Crippen LogP contribution in [0.4, 0.5) is 0 Å². The van der Waals surface area contributed by atoms with E-state index in [0.29, 0.717) is 0 Å². The fourth-order valence-corrected chi connectivity index (χ4v) is 1.05. The van der Waals surface area contributed by atoms with E-state index in [2.05, 4.69) is 4.98 Å². The van der Waals surface area contributed by atoms with Gasteiger partial charge in [0, 0.05) is 11.8 Å². The van der Waals surface area contributed by atoms with Gasteiger partial charge in [-0.3, -0.25) is 0 Å². The van der Waals surface area contributed by atoms with Crippen molar-refractivity contribution in [2.45, 2.75) is 0 Å². The third kappa shape index (κ3) is 0.934. The van der Waals surface area contributed by atoms with Gasteiger partial charge in [0.05, 0.1) is 24.0 Å². The van der Waals surface area contributed by atoms with E-state index < -0.39 is 5.97 Å². The Bertz CT molecular complexity index is 433. The Morgan fingerprint density at radius 1 is 1.58 bits per heavy atom. The highest BCUT2D eigenvalue weighted by Crippen LogP contribution is 2.04. The second kappa shape index (κ2) is 2.34. The summed E-state index contributed by atoms with van der Waals surface area (Å²) < 4.78 is 1.73. The van der Waals surface area contributed by atoms with Crippen LogP contribution in [0.2, 0.25) is 0 Å². The van der Waals surface area contributed by atoms with Gasteiger partial charge in [-0.1, -0.05) is 0 Å². The van der Waals surface area contributed by atoms with Crippen LogP contribution >= 0.6 is 0 Å². The zero-order valence-corrected chi connectivity index (χ0v) is 6.10. The first-order chi connectivity index (χ1) is 5.77. The van der Waals surface area contributed by atoms with E-state index in [1.165, 1.54) is 12.1 Å². The molecule has 0 saturated carbocycles. The second-order valence-corrected chi connectivity index (χ2v) is 2.43. The second-order valence-electron chi connectivity index (χ2n) is 2.43. The van der Waals surface area contributed by atoms with Crippen LogP contribution in [0.15, 0.2) is 30.9 Å². The van der Waals surface area contributed by atoms with Crippen LogP contribution in [0.5, 0.6) is 0 Å². The van der Waals surface area contributed by atoms with Gasteiger partial charge in [0.15, 0.2) is 0 Å². The van der Waals surface area contributed by atoms with E-state index in [4.69, 9.17) is 0 Å². The van der Waals surface area contributed by atoms with E-state index >= 15 is 0 Å². The molecule has 0 aromatic carbocycles. The minimum absolute atomic E-state index is 0.169. The summed E-state index contributed by atoms with van der Waals surface area (Å²) in [7, 11) is 0. The Labute approximate surface area is 68.1 Å². The van der Waals surface area contributed by atoms with Gasteiger partial charge in [0.2, 0.25) is 0 Å². The Kier molecular flexibility index (Phi) is 1.33. The first-order valence-electron chi connectivity index (χ1n) is 3.40. The summed E-state index contributed by atoms with van der Waals surface area (Å²) in [6, 6.07) is 2.99. The Morgan fingerprint density at radius 3 is 3.17 bits per heavy atom. The minimum atomic E-state index is -1.17. The van der Waals surface area contributed by atoms with Crippen LogP contribution in [-0.4, -0.2) is 15.4 Å². The predicted molar refractivity (Wildman–Crippen MR) is 39.5 cm³/mol. The molecule has 60 valence electrons. The molecule has 4 heteroatoms. The summed E-state index contributed by atoms with van der Waals surface area (Å²) in [5.74, 6) is -1.17. The zero-order chi connectivity index (χ0) is 8.55. The molecule has 0 saturated heterocycles. The first-order valence-corrected chi connectivity index (χ1v) is 3.40. The van der Waals surface area contributed by atoms with E-state index in [1.54, 1.807) is 23.1 Å². The van der Waals surface area contributed by atoms with Gasteiger partial charge < -0.3 is 14.3 Å². The van der Waals surface area contributed by atoms with Crippen LogP contribution in [0.3, 0.4) is 0 Å². The maximum absolute atomic E-state index is 10.4. The van der Waals surface area contributed by atoms with Crippen molar-refractivity contribution in [3.05, 3.63) is 36.4 Å². The van der Waals surface area contributed by atoms with Crippen LogP contribution < -0.4 is 5.11 Å². The molecule has 2 aromatic rings. The number of carboxylic acid groups (broad SMARTS) is 1. The van der Waals surface area contributed by atoms with Crippen molar-refractivity contribution in [1.29, 1.82) is 0 Å². The summed E-state index contributed by atoms with van der Waals surface area (Å²) in [6.45, 7) is 0. The largest absolute Gasteiger partial charge is 0.545 e. The van der Waals surface area contributed by atoms with Crippen molar-refractivity contribution in [2.24, 2.45) is 0 Å². The number of rotatable bonds is 1. The highest BCUT2D eigenvalue weighted by Gasteiger charge is 1.95. The molecule has 2 rings (SSSR count). The van der Waals surface area contributed by atoms with Gasteiger partial charge in [0.1, 0.15) is 0 Å². The minimum Gasteiger partial charge on any atom is -0.545 e. The lowest BCUT2D eigenvalue weighted by atomic mass is 10.2. The van der Waals surface area contributed by atoms with Crippen molar-refractivity contribution >= 4 is 11.5 Å². The van der Waals surface area contributed by atoms with E-state index in [1.807, 2.05) is 0 Å². The lowest BCUT2D eigenvalue weighted by Crippen LogP contribution is -2.22. The summed E-state index contributed by atoms with van der Waals surface area (Å²) in [4.78, 5) is 14.3. The molecular weight excluding hydrogens is 156 g/mol. The maximum Gasteiger partial charge on any atom is 0.0991 e. The van der Waals surface area contributed by atoms with E-state index in [-0.39, 0.29) is 5.56 Å². The SMILES string of the molecule is O=C([O-])c1ccn2cncc2c1. The van der Waals surface area contributed by atoms with Gasteiger partial charge >= 0.3 is 0 Å². The van der Waals surface area contributed by atoms with Gasteiger partial charge in [0.25, 0.3) is 0 Å². The highest BCUT2D eigenvalue weighted by atomic mass is 16.4. The van der Waals surface area contributed by atoms with Gasteiger partial charge in [-0.25, -0.2) is 4.98 Å². The molecule has 12 heavy (non-hydrogen) atoms. The van der Waals surface area contributed by atoms with Crippen LogP contribution in [-0.2, 0) is 0 Å². The number of nitrogens with zero attached hydrogens (tertiary/aromatic N) is 2. The van der Waals surface area contributed by atoms with Crippen molar-refractivity contribution in [1.82, 2.24) is 9.38 Å². The third-order valence-corrected chi connectivity index (χ3v) is 1.65. The number of aromatic carboxylic acids is 1. The van der Waals surface area contributed by atoms with Crippen molar-refractivity contribution in [3.63, 3.8) is 0 Å². The third-order valence-electron chi connectivity index (χ3n) is 1.65. The molecule has 0 bridgehead atoms. The van der Waals surface area contributed by atoms with Gasteiger partial charge in [-0.05, 0) is 12.1 Å². The molecule has 0 atom stereocenters. The van der Waals surface area contributed by atoms with Crippen molar-refractivity contribution < 1.29 is 9.90 Å². The number of carbonyl (C=O) groups is 1. The molecular formula is C8H5N2O2-. The number of pyridine rings is 1. The number of hydrogen-bond acceptors (Lipinski definition) is 3. The molecule has 4 nitrogen and oxygen atoms in total. The van der Waals surface area contributed by atoms with Crippen molar-refractivity contribution in [3.8, 4) is 0 Å². The quantitative estimate of drug-likeness (QED) is 0.576. The number of carbonyl (C=O) groups excluding carboxylic acids is 1. The van der Waals surface area contributed by atoms with Crippen LogP contribution in [0, 0.1) is 0 Å². The summed E-state index contributed by atoms with van der Waals surface area (Å²) in [5.41, 5.74) is 0.916. The Morgan fingerprint density at radius 2 is 2.42 bits per heavy atom.